The predicted octanol–water partition coefficient (Wildman–Crippen LogP) is 5.06. The van der Waals surface area contributed by atoms with Crippen molar-refractivity contribution in [2.45, 2.75) is 26.3 Å². The molecule has 1 fully saturated rings. The van der Waals surface area contributed by atoms with Crippen molar-refractivity contribution in [3.8, 4) is 0 Å². The first kappa shape index (κ1) is 20.6. The summed E-state index contributed by atoms with van der Waals surface area (Å²) in [6.45, 7) is 3.93. The minimum atomic E-state index is -0.439. The number of nitrogens with zero attached hydrogens (tertiary/aromatic N) is 2. The molecule has 0 aromatic heterocycles. The summed E-state index contributed by atoms with van der Waals surface area (Å²) in [4.78, 5) is 25.5. The number of carbonyl (C=O) groups excluding carboxylic acids is 1. The largest absolute Gasteiger partial charge is 0.325 e. The van der Waals surface area contributed by atoms with Gasteiger partial charge in [-0.1, -0.05) is 35.3 Å². The van der Waals surface area contributed by atoms with Crippen molar-refractivity contribution in [1.29, 1.82) is 0 Å². The fourth-order valence-corrected chi connectivity index (χ4v) is 3.90. The number of halogens is 2. The van der Waals surface area contributed by atoms with Gasteiger partial charge in [0.05, 0.1) is 16.2 Å². The van der Waals surface area contributed by atoms with Crippen LogP contribution in [0.4, 0.5) is 11.4 Å². The summed E-state index contributed by atoms with van der Waals surface area (Å²) in [5.41, 5.74) is 1.99. The first-order valence-electron chi connectivity index (χ1n) is 9.06. The highest BCUT2D eigenvalue weighted by Crippen LogP contribution is 2.28. The number of nitro groups is 1. The van der Waals surface area contributed by atoms with Crippen molar-refractivity contribution in [2.75, 3.05) is 18.4 Å². The number of carbonyl (C=O) groups is 1. The van der Waals surface area contributed by atoms with Crippen LogP contribution in [0.3, 0.4) is 0 Å². The monoisotopic (exact) mass is 421 g/mol. The number of likely N-dealkylation sites (tertiary alicyclic amines) is 1. The summed E-state index contributed by atoms with van der Waals surface area (Å²) in [6.07, 6.45) is 1.45. The molecule has 0 bridgehead atoms. The van der Waals surface area contributed by atoms with E-state index in [9.17, 15) is 14.9 Å². The average Bonchev–Trinajstić information content (AvgIpc) is 2.66. The number of rotatable bonds is 5. The van der Waals surface area contributed by atoms with E-state index in [-0.39, 0.29) is 17.5 Å². The molecule has 6 nitrogen and oxygen atoms in total. The topological polar surface area (TPSA) is 75.5 Å². The lowest BCUT2D eigenvalue weighted by Gasteiger charge is -2.31. The van der Waals surface area contributed by atoms with Crippen LogP contribution in [0, 0.1) is 23.0 Å². The highest BCUT2D eigenvalue weighted by atomic mass is 35.5. The van der Waals surface area contributed by atoms with Crippen molar-refractivity contribution in [2.24, 2.45) is 5.92 Å². The molecular formula is C20H21Cl2N3O3. The lowest BCUT2D eigenvalue weighted by molar-refractivity contribution is -0.385. The van der Waals surface area contributed by atoms with E-state index in [1.807, 2.05) is 12.1 Å². The fraction of sp³-hybridized carbons (Fsp3) is 0.350. The smallest absolute Gasteiger partial charge is 0.274 e. The molecule has 0 radical (unpaired) electrons. The van der Waals surface area contributed by atoms with Gasteiger partial charge in [-0.15, -0.1) is 0 Å². The van der Waals surface area contributed by atoms with E-state index in [1.165, 1.54) is 6.07 Å². The van der Waals surface area contributed by atoms with E-state index in [0.29, 0.717) is 27.8 Å². The molecule has 0 aliphatic carbocycles. The molecular weight excluding hydrogens is 401 g/mol. The Morgan fingerprint density at radius 1 is 1.25 bits per heavy atom. The summed E-state index contributed by atoms with van der Waals surface area (Å²) >= 11 is 12.2. The number of piperidine rings is 1. The standard InChI is InChI=1S/C20H21Cl2N3O3/c1-13-18(3-2-4-19(13)25(27)28)23-20(26)14-7-9-24(10-8-14)12-15-5-6-16(21)11-17(15)22/h2-6,11,14H,7-10,12H2,1H3,(H,23,26). The normalized spacial score (nSPS) is 15.4. The molecule has 148 valence electrons. The quantitative estimate of drug-likeness (QED) is 0.540. The second-order valence-corrected chi connectivity index (χ2v) is 7.83. The molecule has 2 aromatic rings. The van der Waals surface area contributed by atoms with Crippen LogP contribution < -0.4 is 5.32 Å². The van der Waals surface area contributed by atoms with Gasteiger partial charge in [-0.3, -0.25) is 19.8 Å². The summed E-state index contributed by atoms with van der Waals surface area (Å²) in [5.74, 6) is -0.205. The molecule has 28 heavy (non-hydrogen) atoms. The predicted molar refractivity (Wildman–Crippen MR) is 111 cm³/mol. The van der Waals surface area contributed by atoms with E-state index in [1.54, 1.807) is 25.1 Å². The molecule has 0 spiro atoms. The number of anilines is 1. The van der Waals surface area contributed by atoms with Crippen LogP contribution >= 0.6 is 23.2 Å². The second-order valence-electron chi connectivity index (χ2n) is 6.98. The van der Waals surface area contributed by atoms with Crippen molar-refractivity contribution < 1.29 is 9.72 Å². The van der Waals surface area contributed by atoms with Crippen molar-refractivity contribution in [3.63, 3.8) is 0 Å². The first-order valence-corrected chi connectivity index (χ1v) is 9.82. The third-order valence-electron chi connectivity index (χ3n) is 5.13. The van der Waals surface area contributed by atoms with Crippen molar-refractivity contribution in [3.05, 3.63) is 67.7 Å². The Morgan fingerprint density at radius 2 is 1.96 bits per heavy atom. The summed E-state index contributed by atoms with van der Waals surface area (Å²) in [5, 5.41) is 15.2. The Bertz CT molecular complexity index is 896. The third-order valence-corrected chi connectivity index (χ3v) is 5.71. The van der Waals surface area contributed by atoms with Crippen LogP contribution in [0.1, 0.15) is 24.0 Å². The zero-order valence-corrected chi connectivity index (χ0v) is 17.0. The van der Waals surface area contributed by atoms with Gasteiger partial charge in [0, 0.05) is 28.6 Å². The van der Waals surface area contributed by atoms with Crippen LogP contribution in [0.25, 0.3) is 0 Å². The maximum atomic E-state index is 12.6. The van der Waals surface area contributed by atoms with Crippen LogP contribution in [0.15, 0.2) is 36.4 Å². The minimum absolute atomic E-state index is 0.00691. The van der Waals surface area contributed by atoms with Gasteiger partial charge in [0.15, 0.2) is 0 Å². The summed E-state index contributed by atoms with van der Waals surface area (Å²) in [6, 6.07) is 10.2. The molecule has 2 aromatic carbocycles. The highest BCUT2D eigenvalue weighted by Gasteiger charge is 2.26. The molecule has 1 aliphatic rings. The highest BCUT2D eigenvalue weighted by molar-refractivity contribution is 6.35. The Hall–Kier alpha value is -2.15. The number of nitro benzene ring substituents is 1. The Morgan fingerprint density at radius 3 is 2.61 bits per heavy atom. The Kier molecular flexibility index (Phi) is 6.54. The number of nitrogens with one attached hydrogen (secondary N) is 1. The van der Waals surface area contributed by atoms with Gasteiger partial charge in [-0.2, -0.15) is 0 Å². The molecule has 1 N–H and O–H groups in total. The third kappa shape index (κ3) is 4.82. The van der Waals surface area contributed by atoms with Gasteiger partial charge in [0.1, 0.15) is 0 Å². The maximum absolute atomic E-state index is 12.6. The number of hydrogen-bond acceptors (Lipinski definition) is 4. The van der Waals surface area contributed by atoms with Crippen LogP contribution in [-0.2, 0) is 11.3 Å². The molecule has 1 amide bonds. The van der Waals surface area contributed by atoms with Crippen molar-refractivity contribution >= 4 is 40.5 Å². The van der Waals surface area contributed by atoms with E-state index in [4.69, 9.17) is 23.2 Å². The Balaban J connectivity index is 1.57. The van der Waals surface area contributed by atoms with Gasteiger partial charge >= 0.3 is 0 Å². The van der Waals surface area contributed by atoms with Crippen LogP contribution in [0.2, 0.25) is 10.0 Å². The van der Waals surface area contributed by atoms with Crippen molar-refractivity contribution in [1.82, 2.24) is 4.90 Å². The molecule has 8 heteroatoms. The van der Waals surface area contributed by atoms with Crippen LogP contribution in [-0.4, -0.2) is 28.8 Å². The zero-order chi connectivity index (χ0) is 20.3. The summed E-state index contributed by atoms with van der Waals surface area (Å²) < 4.78 is 0. The Labute approximate surface area is 173 Å². The maximum Gasteiger partial charge on any atom is 0.274 e. The van der Waals surface area contributed by atoms with E-state index >= 15 is 0 Å². The SMILES string of the molecule is Cc1c(NC(=O)C2CCN(Cc3ccc(Cl)cc3Cl)CC2)cccc1[N+](=O)[O-]. The average molecular weight is 422 g/mol. The fourth-order valence-electron chi connectivity index (χ4n) is 3.44. The lowest BCUT2D eigenvalue weighted by Crippen LogP contribution is -2.37. The number of amides is 1. The molecule has 0 saturated carbocycles. The lowest BCUT2D eigenvalue weighted by atomic mass is 9.95. The molecule has 1 saturated heterocycles. The first-order chi connectivity index (χ1) is 13.3. The van der Waals surface area contributed by atoms with Gasteiger partial charge in [-0.05, 0) is 56.6 Å². The molecule has 0 unspecified atom stereocenters. The number of hydrogen-bond donors (Lipinski definition) is 1. The summed E-state index contributed by atoms with van der Waals surface area (Å²) in [7, 11) is 0. The van der Waals surface area contributed by atoms with Gasteiger partial charge in [-0.25, -0.2) is 0 Å². The van der Waals surface area contributed by atoms with E-state index in [2.05, 4.69) is 10.2 Å². The van der Waals surface area contributed by atoms with Gasteiger partial charge < -0.3 is 5.32 Å². The van der Waals surface area contributed by atoms with E-state index in [0.717, 1.165) is 31.5 Å². The van der Waals surface area contributed by atoms with Gasteiger partial charge in [0.25, 0.3) is 5.69 Å². The molecule has 3 rings (SSSR count). The molecule has 0 atom stereocenters. The van der Waals surface area contributed by atoms with E-state index < -0.39 is 4.92 Å². The molecule has 1 heterocycles. The minimum Gasteiger partial charge on any atom is -0.325 e. The zero-order valence-electron chi connectivity index (χ0n) is 15.5. The number of benzene rings is 2. The second kappa shape index (κ2) is 8.90. The van der Waals surface area contributed by atoms with Crippen LogP contribution in [0.5, 0.6) is 0 Å². The molecule has 1 aliphatic heterocycles. The van der Waals surface area contributed by atoms with Gasteiger partial charge in [0.2, 0.25) is 5.91 Å².